The van der Waals surface area contributed by atoms with E-state index in [2.05, 4.69) is 52.1 Å². The predicted octanol–water partition coefficient (Wildman–Crippen LogP) is 4.26. The van der Waals surface area contributed by atoms with Crippen LogP contribution in [0.4, 0.5) is 0 Å². The van der Waals surface area contributed by atoms with Gasteiger partial charge < -0.3 is 10.1 Å². The Bertz CT molecular complexity index is 533. The molecule has 0 aromatic heterocycles. The monoisotopic (exact) mass is 287 g/mol. The fraction of sp³-hybridized carbons (Fsp3) is 0.684. The largest absolute Gasteiger partial charge is 0.371 e. The zero-order valence-electron chi connectivity index (χ0n) is 14.2. The lowest BCUT2D eigenvalue weighted by atomic mass is 9.79. The van der Waals surface area contributed by atoms with E-state index in [1.807, 2.05) is 0 Å². The fourth-order valence-electron chi connectivity index (χ4n) is 3.56. The average molecular weight is 287 g/mol. The third-order valence-corrected chi connectivity index (χ3v) is 4.90. The van der Waals surface area contributed by atoms with Crippen molar-refractivity contribution in [2.75, 3.05) is 6.54 Å². The Morgan fingerprint density at radius 1 is 1.24 bits per heavy atom. The average Bonchev–Trinajstić information content (AvgIpc) is 2.88. The van der Waals surface area contributed by atoms with Crippen LogP contribution in [0, 0.1) is 0 Å². The van der Waals surface area contributed by atoms with Crippen molar-refractivity contribution in [3.8, 4) is 0 Å². The summed E-state index contributed by atoms with van der Waals surface area (Å²) in [6, 6.07) is 5.38. The van der Waals surface area contributed by atoms with Gasteiger partial charge in [0.2, 0.25) is 0 Å². The molecule has 1 unspecified atom stereocenters. The van der Waals surface area contributed by atoms with E-state index >= 15 is 0 Å². The highest BCUT2D eigenvalue weighted by atomic mass is 16.5. The molecule has 0 spiro atoms. The maximum absolute atomic E-state index is 6.09. The second-order valence-electron chi connectivity index (χ2n) is 8.33. The standard InChI is InChI=1S/C19H29NO/c1-18(2,3)14-9-13-11-19(4,5)21-12-16(13)15(10-14)17-7-6-8-20-17/h9-10,17,20H,6-8,11-12H2,1-5H3. The van der Waals surface area contributed by atoms with Crippen molar-refractivity contribution in [1.29, 1.82) is 0 Å². The SMILES string of the molecule is CC1(C)Cc2cc(C(C)(C)C)cc(C3CCCN3)c2CO1. The molecule has 2 aliphatic rings. The third-order valence-electron chi connectivity index (χ3n) is 4.90. The van der Waals surface area contributed by atoms with Crippen molar-refractivity contribution in [3.63, 3.8) is 0 Å². The van der Waals surface area contributed by atoms with Crippen molar-refractivity contribution in [2.24, 2.45) is 0 Å². The Hall–Kier alpha value is -0.860. The van der Waals surface area contributed by atoms with E-state index in [1.165, 1.54) is 35.1 Å². The normalized spacial score (nSPS) is 24.9. The van der Waals surface area contributed by atoms with Crippen molar-refractivity contribution in [3.05, 3.63) is 34.4 Å². The Kier molecular flexibility index (Phi) is 3.66. The summed E-state index contributed by atoms with van der Waals surface area (Å²) in [4.78, 5) is 0. The number of ether oxygens (including phenoxy) is 1. The summed E-state index contributed by atoms with van der Waals surface area (Å²) in [5.74, 6) is 0. The molecular weight excluding hydrogens is 258 g/mol. The zero-order chi connectivity index (χ0) is 15.3. The van der Waals surface area contributed by atoms with Crippen LogP contribution in [0.3, 0.4) is 0 Å². The first-order valence-electron chi connectivity index (χ1n) is 8.30. The van der Waals surface area contributed by atoms with Crippen LogP contribution >= 0.6 is 0 Å². The van der Waals surface area contributed by atoms with Crippen molar-refractivity contribution < 1.29 is 4.74 Å². The minimum Gasteiger partial charge on any atom is -0.371 e. The lowest BCUT2D eigenvalue weighted by Gasteiger charge is -2.35. The summed E-state index contributed by atoms with van der Waals surface area (Å²) in [5.41, 5.74) is 6.06. The minimum absolute atomic E-state index is 0.0378. The van der Waals surface area contributed by atoms with E-state index in [4.69, 9.17) is 4.74 Å². The highest BCUT2D eigenvalue weighted by molar-refractivity contribution is 5.45. The van der Waals surface area contributed by atoms with Crippen LogP contribution in [-0.2, 0) is 23.2 Å². The van der Waals surface area contributed by atoms with Crippen molar-refractivity contribution >= 4 is 0 Å². The van der Waals surface area contributed by atoms with Crippen molar-refractivity contribution in [1.82, 2.24) is 5.32 Å². The molecule has 116 valence electrons. The molecule has 0 amide bonds. The number of nitrogens with one attached hydrogen (secondary N) is 1. The maximum Gasteiger partial charge on any atom is 0.0730 e. The Morgan fingerprint density at radius 2 is 2.00 bits per heavy atom. The van der Waals surface area contributed by atoms with Gasteiger partial charge in [-0.05, 0) is 60.9 Å². The van der Waals surface area contributed by atoms with Gasteiger partial charge in [-0.2, -0.15) is 0 Å². The molecule has 0 radical (unpaired) electrons. The van der Waals surface area contributed by atoms with Gasteiger partial charge in [0.15, 0.2) is 0 Å². The lowest BCUT2D eigenvalue weighted by Crippen LogP contribution is -2.33. The van der Waals surface area contributed by atoms with Gasteiger partial charge in [0.25, 0.3) is 0 Å². The van der Waals surface area contributed by atoms with E-state index in [1.54, 1.807) is 0 Å². The van der Waals surface area contributed by atoms with E-state index in [9.17, 15) is 0 Å². The molecule has 1 aromatic carbocycles. The molecule has 2 nitrogen and oxygen atoms in total. The summed E-state index contributed by atoms with van der Waals surface area (Å²) in [6.07, 6.45) is 3.56. The van der Waals surface area contributed by atoms with Crippen LogP contribution in [0.15, 0.2) is 12.1 Å². The maximum atomic E-state index is 6.09. The topological polar surface area (TPSA) is 21.3 Å². The molecule has 1 aromatic rings. The van der Waals surface area contributed by atoms with Crippen LogP contribution in [0.1, 0.15) is 75.8 Å². The van der Waals surface area contributed by atoms with Gasteiger partial charge in [-0.25, -0.2) is 0 Å². The smallest absolute Gasteiger partial charge is 0.0730 e. The first-order valence-corrected chi connectivity index (χ1v) is 8.30. The number of hydrogen-bond acceptors (Lipinski definition) is 2. The first-order chi connectivity index (χ1) is 9.76. The summed E-state index contributed by atoms with van der Waals surface area (Å²) in [5, 5.41) is 3.67. The van der Waals surface area contributed by atoms with Gasteiger partial charge in [-0.15, -0.1) is 0 Å². The Labute approximate surface area is 129 Å². The summed E-state index contributed by atoms with van der Waals surface area (Å²) in [7, 11) is 0. The van der Waals surface area contributed by atoms with Gasteiger partial charge in [-0.3, -0.25) is 0 Å². The summed E-state index contributed by atoms with van der Waals surface area (Å²) in [6.45, 7) is 13.2. The van der Waals surface area contributed by atoms with E-state index in [-0.39, 0.29) is 11.0 Å². The molecule has 1 fully saturated rings. The predicted molar refractivity (Wildman–Crippen MR) is 87.7 cm³/mol. The van der Waals surface area contributed by atoms with Gasteiger partial charge in [0, 0.05) is 12.5 Å². The molecule has 1 atom stereocenters. The second kappa shape index (κ2) is 5.10. The Balaban J connectivity index is 2.09. The highest BCUT2D eigenvalue weighted by Gasteiger charge is 2.31. The number of rotatable bonds is 1. The van der Waals surface area contributed by atoms with Crippen LogP contribution in [0.2, 0.25) is 0 Å². The molecule has 0 saturated carbocycles. The molecule has 2 aliphatic heterocycles. The van der Waals surface area contributed by atoms with Crippen LogP contribution in [0.5, 0.6) is 0 Å². The number of fused-ring (bicyclic) bond motifs is 1. The molecule has 21 heavy (non-hydrogen) atoms. The first kappa shape index (κ1) is 15.1. The fourth-order valence-corrected chi connectivity index (χ4v) is 3.56. The number of hydrogen-bond donors (Lipinski definition) is 1. The molecule has 2 heterocycles. The van der Waals surface area contributed by atoms with E-state index in [0.717, 1.165) is 19.6 Å². The second-order valence-corrected chi connectivity index (χ2v) is 8.33. The van der Waals surface area contributed by atoms with Gasteiger partial charge in [0.1, 0.15) is 0 Å². The summed E-state index contributed by atoms with van der Waals surface area (Å²) < 4.78 is 6.09. The Morgan fingerprint density at radius 3 is 2.62 bits per heavy atom. The quantitative estimate of drug-likeness (QED) is 0.833. The molecule has 1 N–H and O–H groups in total. The minimum atomic E-state index is -0.0378. The number of benzene rings is 1. The van der Waals surface area contributed by atoms with Gasteiger partial charge in [0.05, 0.1) is 12.2 Å². The van der Waals surface area contributed by atoms with Crippen molar-refractivity contribution in [2.45, 2.75) is 77.5 Å². The van der Waals surface area contributed by atoms with Crippen LogP contribution < -0.4 is 5.32 Å². The molecule has 3 rings (SSSR count). The van der Waals surface area contributed by atoms with E-state index in [0.29, 0.717) is 6.04 Å². The highest BCUT2D eigenvalue weighted by Crippen LogP contribution is 2.38. The molecule has 0 aliphatic carbocycles. The molecule has 1 saturated heterocycles. The zero-order valence-corrected chi connectivity index (χ0v) is 14.2. The summed E-state index contributed by atoms with van der Waals surface area (Å²) >= 11 is 0. The molecule has 0 bridgehead atoms. The third kappa shape index (κ3) is 3.02. The van der Waals surface area contributed by atoms with Gasteiger partial charge >= 0.3 is 0 Å². The van der Waals surface area contributed by atoms with Crippen LogP contribution in [-0.4, -0.2) is 12.1 Å². The van der Waals surface area contributed by atoms with Gasteiger partial charge in [-0.1, -0.05) is 32.9 Å². The molecular formula is C19H29NO. The van der Waals surface area contributed by atoms with E-state index < -0.39 is 0 Å². The lowest BCUT2D eigenvalue weighted by molar-refractivity contribution is -0.0406. The molecule has 2 heteroatoms. The van der Waals surface area contributed by atoms with Crippen LogP contribution in [0.25, 0.3) is 0 Å².